The minimum absolute atomic E-state index is 0.520. The van der Waals surface area contributed by atoms with E-state index in [4.69, 9.17) is 17.3 Å². The number of hydrogen-bond donors (Lipinski definition) is 1. The van der Waals surface area contributed by atoms with Crippen LogP contribution in [0.3, 0.4) is 0 Å². The van der Waals surface area contributed by atoms with Crippen molar-refractivity contribution in [1.29, 1.82) is 0 Å². The molecule has 3 heteroatoms. The van der Waals surface area contributed by atoms with Gasteiger partial charge in [-0.2, -0.15) is 0 Å². The molecule has 0 bridgehead atoms. The Morgan fingerprint density at radius 2 is 1.95 bits per heavy atom. The first-order valence-electron chi connectivity index (χ1n) is 7.27. The lowest BCUT2D eigenvalue weighted by molar-refractivity contribution is 0.830. The van der Waals surface area contributed by atoms with Gasteiger partial charge in [-0.25, -0.2) is 0 Å². The van der Waals surface area contributed by atoms with Crippen molar-refractivity contribution in [3.8, 4) is 0 Å². The van der Waals surface area contributed by atoms with Gasteiger partial charge in [0, 0.05) is 24.3 Å². The van der Waals surface area contributed by atoms with Crippen molar-refractivity contribution < 1.29 is 0 Å². The summed E-state index contributed by atoms with van der Waals surface area (Å²) in [4.78, 5) is 0. The molecule has 0 fully saturated rings. The maximum atomic E-state index is 6.38. The van der Waals surface area contributed by atoms with E-state index in [-0.39, 0.29) is 0 Å². The standard InChI is InChI=1S/C18H19ClN2/c1-2-14-4-3-5-15-8-9-21(18(14)15)12-16-7-6-13(11-20)10-17(16)19/h3-10H,2,11-12,20H2,1H3. The van der Waals surface area contributed by atoms with Crippen molar-refractivity contribution in [2.24, 2.45) is 5.73 Å². The largest absolute Gasteiger partial charge is 0.343 e. The molecule has 3 rings (SSSR count). The summed E-state index contributed by atoms with van der Waals surface area (Å²) in [6.07, 6.45) is 3.16. The maximum absolute atomic E-state index is 6.38. The summed E-state index contributed by atoms with van der Waals surface area (Å²) in [6.45, 7) is 3.49. The number of aromatic nitrogens is 1. The number of nitrogens with zero attached hydrogens (tertiary/aromatic N) is 1. The number of aryl methyl sites for hydroxylation is 1. The van der Waals surface area contributed by atoms with Crippen molar-refractivity contribution in [3.05, 3.63) is 70.4 Å². The zero-order valence-electron chi connectivity index (χ0n) is 12.1. The number of nitrogens with two attached hydrogens (primary N) is 1. The molecule has 1 aromatic heterocycles. The summed E-state index contributed by atoms with van der Waals surface area (Å²) in [7, 11) is 0. The van der Waals surface area contributed by atoms with Gasteiger partial charge in [-0.1, -0.05) is 48.9 Å². The second kappa shape index (κ2) is 5.92. The van der Waals surface area contributed by atoms with Crippen molar-refractivity contribution in [3.63, 3.8) is 0 Å². The highest BCUT2D eigenvalue weighted by Gasteiger charge is 2.08. The number of hydrogen-bond acceptors (Lipinski definition) is 1. The first-order valence-corrected chi connectivity index (χ1v) is 7.65. The SMILES string of the molecule is CCc1cccc2ccn(Cc3ccc(CN)cc3Cl)c12. The van der Waals surface area contributed by atoms with Crippen LogP contribution in [0.2, 0.25) is 5.02 Å². The highest BCUT2D eigenvalue weighted by molar-refractivity contribution is 6.31. The molecule has 0 spiro atoms. The molecule has 0 aliphatic heterocycles. The number of halogens is 1. The molecule has 1 heterocycles. The average Bonchev–Trinajstić information content (AvgIpc) is 2.92. The number of rotatable bonds is 4. The fourth-order valence-corrected chi connectivity index (χ4v) is 3.05. The lowest BCUT2D eigenvalue weighted by Gasteiger charge is -2.11. The summed E-state index contributed by atoms with van der Waals surface area (Å²) in [5.41, 5.74) is 10.5. The van der Waals surface area contributed by atoms with Crippen LogP contribution in [0.4, 0.5) is 0 Å². The van der Waals surface area contributed by atoms with Gasteiger partial charge in [0.25, 0.3) is 0 Å². The van der Waals surface area contributed by atoms with Gasteiger partial charge < -0.3 is 10.3 Å². The van der Waals surface area contributed by atoms with Crippen LogP contribution in [0.1, 0.15) is 23.6 Å². The molecule has 2 N–H and O–H groups in total. The molecule has 0 amide bonds. The highest BCUT2D eigenvalue weighted by atomic mass is 35.5. The van der Waals surface area contributed by atoms with E-state index in [1.807, 2.05) is 12.1 Å². The zero-order chi connectivity index (χ0) is 14.8. The summed E-state index contributed by atoms with van der Waals surface area (Å²) >= 11 is 6.38. The number of para-hydroxylation sites is 1. The molecule has 108 valence electrons. The molecule has 2 aromatic carbocycles. The van der Waals surface area contributed by atoms with E-state index in [2.05, 4.69) is 48.0 Å². The smallest absolute Gasteiger partial charge is 0.0515 e. The topological polar surface area (TPSA) is 30.9 Å². The van der Waals surface area contributed by atoms with Gasteiger partial charge >= 0.3 is 0 Å². The van der Waals surface area contributed by atoms with Crippen LogP contribution in [-0.2, 0) is 19.5 Å². The number of fused-ring (bicyclic) bond motifs is 1. The van der Waals surface area contributed by atoms with Gasteiger partial charge in [-0.15, -0.1) is 0 Å². The molecule has 0 saturated heterocycles. The highest BCUT2D eigenvalue weighted by Crippen LogP contribution is 2.24. The second-order valence-electron chi connectivity index (χ2n) is 5.28. The molecular formula is C18H19ClN2. The van der Waals surface area contributed by atoms with E-state index < -0.39 is 0 Å². The van der Waals surface area contributed by atoms with E-state index in [1.165, 1.54) is 16.5 Å². The van der Waals surface area contributed by atoms with Gasteiger partial charge in [0.15, 0.2) is 0 Å². The fourth-order valence-electron chi connectivity index (χ4n) is 2.79. The van der Waals surface area contributed by atoms with Gasteiger partial charge in [0.1, 0.15) is 0 Å². The fraction of sp³-hybridized carbons (Fsp3) is 0.222. The molecule has 21 heavy (non-hydrogen) atoms. The molecule has 0 radical (unpaired) electrons. The van der Waals surface area contributed by atoms with Gasteiger partial charge in [-0.05, 0) is 40.6 Å². The van der Waals surface area contributed by atoms with Crippen molar-refractivity contribution >= 4 is 22.5 Å². The third kappa shape index (κ3) is 2.69. The van der Waals surface area contributed by atoms with Crippen molar-refractivity contribution in [2.45, 2.75) is 26.4 Å². The Kier molecular flexibility index (Phi) is 4.00. The third-order valence-corrected chi connectivity index (χ3v) is 4.30. The first kappa shape index (κ1) is 14.2. The van der Waals surface area contributed by atoms with Gasteiger partial charge in [-0.3, -0.25) is 0 Å². The monoisotopic (exact) mass is 298 g/mol. The van der Waals surface area contributed by atoms with Crippen LogP contribution in [0.15, 0.2) is 48.7 Å². The Morgan fingerprint density at radius 1 is 1.10 bits per heavy atom. The van der Waals surface area contributed by atoms with E-state index in [0.717, 1.165) is 29.1 Å². The average molecular weight is 299 g/mol. The van der Waals surface area contributed by atoms with Crippen LogP contribution in [-0.4, -0.2) is 4.57 Å². The van der Waals surface area contributed by atoms with Gasteiger partial charge in [0.05, 0.1) is 5.52 Å². The molecule has 0 aliphatic rings. The van der Waals surface area contributed by atoms with E-state index >= 15 is 0 Å². The molecule has 0 atom stereocenters. The maximum Gasteiger partial charge on any atom is 0.0515 e. The summed E-state index contributed by atoms with van der Waals surface area (Å²) in [5, 5.41) is 2.07. The molecule has 0 saturated carbocycles. The Morgan fingerprint density at radius 3 is 2.67 bits per heavy atom. The summed E-state index contributed by atoms with van der Waals surface area (Å²) < 4.78 is 2.28. The predicted molar refractivity (Wildman–Crippen MR) is 89.8 cm³/mol. The second-order valence-corrected chi connectivity index (χ2v) is 5.69. The Bertz CT molecular complexity index is 774. The number of benzene rings is 2. The lowest BCUT2D eigenvalue weighted by Crippen LogP contribution is -2.02. The van der Waals surface area contributed by atoms with Gasteiger partial charge in [0.2, 0.25) is 0 Å². The Balaban J connectivity index is 2.02. The molecule has 2 nitrogen and oxygen atoms in total. The quantitative estimate of drug-likeness (QED) is 0.762. The van der Waals surface area contributed by atoms with Crippen molar-refractivity contribution in [2.75, 3.05) is 0 Å². The van der Waals surface area contributed by atoms with Crippen LogP contribution in [0.5, 0.6) is 0 Å². The minimum Gasteiger partial charge on any atom is -0.343 e. The van der Waals surface area contributed by atoms with Crippen LogP contribution in [0, 0.1) is 0 Å². The van der Waals surface area contributed by atoms with Crippen LogP contribution < -0.4 is 5.73 Å². The Labute approximate surface area is 130 Å². The Hall–Kier alpha value is -1.77. The summed E-state index contributed by atoms with van der Waals surface area (Å²) in [5.74, 6) is 0. The minimum atomic E-state index is 0.520. The normalized spacial score (nSPS) is 11.2. The lowest BCUT2D eigenvalue weighted by atomic mass is 10.1. The van der Waals surface area contributed by atoms with E-state index in [0.29, 0.717) is 6.54 Å². The molecule has 0 aliphatic carbocycles. The first-order chi connectivity index (χ1) is 10.2. The molecule has 3 aromatic rings. The predicted octanol–water partition coefficient (Wildman–Crippen LogP) is 4.36. The summed E-state index contributed by atoms with van der Waals surface area (Å²) in [6, 6.07) is 14.7. The van der Waals surface area contributed by atoms with Crippen LogP contribution in [0.25, 0.3) is 10.9 Å². The van der Waals surface area contributed by atoms with E-state index in [1.54, 1.807) is 0 Å². The zero-order valence-corrected chi connectivity index (χ0v) is 12.9. The third-order valence-electron chi connectivity index (χ3n) is 3.95. The molecular weight excluding hydrogens is 280 g/mol. The van der Waals surface area contributed by atoms with Crippen LogP contribution >= 0.6 is 11.6 Å². The van der Waals surface area contributed by atoms with E-state index in [9.17, 15) is 0 Å². The van der Waals surface area contributed by atoms with Crippen molar-refractivity contribution in [1.82, 2.24) is 4.57 Å². The molecule has 0 unspecified atom stereocenters.